The van der Waals surface area contributed by atoms with Crippen molar-refractivity contribution in [1.29, 1.82) is 0 Å². The normalized spacial score (nSPS) is 14.9. The van der Waals surface area contributed by atoms with Crippen LogP contribution >= 0.6 is 0 Å². The Morgan fingerprint density at radius 3 is 2.25 bits per heavy atom. The number of carbonyl (C=O) groups is 2. The Bertz CT molecular complexity index is 532. The summed E-state index contributed by atoms with van der Waals surface area (Å²) < 4.78 is 0. The molecule has 0 heterocycles. The zero-order chi connectivity index (χ0) is 17.4. The highest BCUT2D eigenvalue weighted by molar-refractivity contribution is 5.94. The topological polar surface area (TPSA) is 61.4 Å². The molecule has 1 aromatic carbocycles. The molecular weight excluding hydrogens is 302 g/mol. The van der Waals surface area contributed by atoms with E-state index in [1.165, 1.54) is 6.42 Å². The minimum absolute atomic E-state index is 0.0155. The summed E-state index contributed by atoms with van der Waals surface area (Å²) in [5, 5.41) is 5.59. The van der Waals surface area contributed by atoms with Crippen LogP contribution in [0.2, 0.25) is 0 Å². The van der Waals surface area contributed by atoms with Crippen molar-refractivity contribution in [2.24, 2.45) is 5.92 Å². The Morgan fingerprint density at radius 2 is 1.67 bits per heavy atom. The third-order valence-electron chi connectivity index (χ3n) is 4.68. The van der Waals surface area contributed by atoms with E-state index in [1.807, 2.05) is 24.3 Å². The molecule has 1 saturated carbocycles. The van der Waals surface area contributed by atoms with Crippen LogP contribution in [0.5, 0.6) is 0 Å². The largest absolute Gasteiger partial charge is 0.372 e. The SMILES string of the molecule is CCN(CC)c1ccc(NC(=O)CNC(=O)C2CCCCC2)cc1. The summed E-state index contributed by atoms with van der Waals surface area (Å²) in [6.45, 7) is 6.18. The molecule has 0 unspecified atom stereocenters. The maximum absolute atomic E-state index is 12.0. The quantitative estimate of drug-likeness (QED) is 0.807. The van der Waals surface area contributed by atoms with E-state index in [0.29, 0.717) is 0 Å². The molecular formula is C19H29N3O2. The number of anilines is 2. The first kappa shape index (κ1) is 18.3. The molecule has 24 heavy (non-hydrogen) atoms. The van der Waals surface area contributed by atoms with Gasteiger partial charge in [0.05, 0.1) is 6.54 Å². The van der Waals surface area contributed by atoms with Gasteiger partial charge in [0.25, 0.3) is 0 Å². The Morgan fingerprint density at radius 1 is 1.04 bits per heavy atom. The smallest absolute Gasteiger partial charge is 0.243 e. The van der Waals surface area contributed by atoms with Crippen molar-refractivity contribution in [3.8, 4) is 0 Å². The number of nitrogens with one attached hydrogen (secondary N) is 2. The van der Waals surface area contributed by atoms with Crippen molar-refractivity contribution in [2.45, 2.75) is 46.0 Å². The first-order valence-electron chi connectivity index (χ1n) is 9.06. The van der Waals surface area contributed by atoms with Crippen LogP contribution in [0.1, 0.15) is 46.0 Å². The maximum Gasteiger partial charge on any atom is 0.243 e. The molecule has 0 spiro atoms. The molecule has 0 saturated heterocycles. The zero-order valence-corrected chi connectivity index (χ0v) is 14.8. The molecule has 1 aliphatic rings. The van der Waals surface area contributed by atoms with Gasteiger partial charge in [-0.1, -0.05) is 19.3 Å². The summed E-state index contributed by atoms with van der Waals surface area (Å²) in [6.07, 6.45) is 5.33. The van der Waals surface area contributed by atoms with Crippen LogP contribution in [0.15, 0.2) is 24.3 Å². The molecule has 0 radical (unpaired) electrons. The average molecular weight is 331 g/mol. The standard InChI is InChI=1S/C19H29N3O2/c1-3-22(4-2)17-12-10-16(11-13-17)21-18(23)14-20-19(24)15-8-6-5-7-9-15/h10-13,15H,3-9,14H2,1-2H3,(H,20,24)(H,21,23). The van der Waals surface area contributed by atoms with Crippen LogP contribution in [0.25, 0.3) is 0 Å². The fourth-order valence-corrected chi connectivity index (χ4v) is 3.23. The van der Waals surface area contributed by atoms with Crippen molar-refractivity contribution >= 4 is 23.2 Å². The van der Waals surface area contributed by atoms with E-state index in [9.17, 15) is 9.59 Å². The lowest BCUT2D eigenvalue weighted by Crippen LogP contribution is -2.37. The highest BCUT2D eigenvalue weighted by atomic mass is 16.2. The lowest BCUT2D eigenvalue weighted by Gasteiger charge is -2.21. The minimum Gasteiger partial charge on any atom is -0.372 e. The van der Waals surface area contributed by atoms with Crippen molar-refractivity contribution in [3.05, 3.63) is 24.3 Å². The van der Waals surface area contributed by atoms with Crippen LogP contribution in [0.3, 0.4) is 0 Å². The van der Waals surface area contributed by atoms with Gasteiger partial charge in [0.15, 0.2) is 0 Å². The van der Waals surface area contributed by atoms with Crippen molar-refractivity contribution in [3.63, 3.8) is 0 Å². The fraction of sp³-hybridized carbons (Fsp3) is 0.579. The number of carbonyl (C=O) groups excluding carboxylic acids is 2. The van der Waals surface area contributed by atoms with Crippen LogP contribution in [-0.4, -0.2) is 31.4 Å². The van der Waals surface area contributed by atoms with E-state index < -0.39 is 0 Å². The number of rotatable bonds is 7. The monoisotopic (exact) mass is 331 g/mol. The lowest BCUT2D eigenvalue weighted by atomic mass is 9.89. The Balaban J connectivity index is 1.78. The highest BCUT2D eigenvalue weighted by Crippen LogP contribution is 2.23. The van der Waals surface area contributed by atoms with Crippen LogP contribution in [0.4, 0.5) is 11.4 Å². The molecule has 0 aliphatic heterocycles. The Hall–Kier alpha value is -2.04. The molecule has 0 bridgehead atoms. The van der Waals surface area contributed by atoms with E-state index in [0.717, 1.165) is 50.1 Å². The van der Waals surface area contributed by atoms with Gasteiger partial charge in [-0.05, 0) is 51.0 Å². The van der Waals surface area contributed by atoms with Gasteiger partial charge in [0.1, 0.15) is 0 Å². The number of hydrogen-bond donors (Lipinski definition) is 2. The molecule has 0 aromatic heterocycles. The summed E-state index contributed by atoms with van der Waals surface area (Å²) in [7, 11) is 0. The van der Waals surface area contributed by atoms with Gasteiger partial charge in [-0.25, -0.2) is 0 Å². The van der Waals surface area contributed by atoms with Gasteiger partial charge in [0, 0.05) is 30.4 Å². The average Bonchev–Trinajstić information content (AvgIpc) is 2.63. The summed E-state index contributed by atoms with van der Waals surface area (Å²) in [4.78, 5) is 26.3. The summed E-state index contributed by atoms with van der Waals surface area (Å²) in [6, 6.07) is 7.80. The van der Waals surface area contributed by atoms with Crippen molar-refractivity contribution in [2.75, 3.05) is 29.9 Å². The van der Waals surface area contributed by atoms with Gasteiger partial charge < -0.3 is 15.5 Å². The van der Waals surface area contributed by atoms with Gasteiger partial charge in [0.2, 0.25) is 11.8 Å². The summed E-state index contributed by atoms with van der Waals surface area (Å²) in [5.74, 6) is -0.0867. The van der Waals surface area contributed by atoms with E-state index in [2.05, 4.69) is 29.4 Å². The number of nitrogens with zero attached hydrogens (tertiary/aromatic N) is 1. The molecule has 5 heteroatoms. The van der Waals surface area contributed by atoms with Crippen LogP contribution < -0.4 is 15.5 Å². The first-order valence-corrected chi connectivity index (χ1v) is 9.06. The van der Waals surface area contributed by atoms with Gasteiger partial charge in [-0.3, -0.25) is 9.59 Å². The second-order valence-corrected chi connectivity index (χ2v) is 6.32. The minimum atomic E-state index is -0.185. The maximum atomic E-state index is 12.0. The predicted molar refractivity (Wildman–Crippen MR) is 98.2 cm³/mol. The summed E-state index contributed by atoms with van der Waals surface area (Å²) in [5.41, 5.74) is 1.89. The lowest BCUT2D eigenvalue weighted by molar-refractivity contribution is -0.128. The Labute approximate surface area is 144 Å². The molecule has 1 aromatic rings. The molecule has 5 nitrogen and oxygen atoms in total. The first-order chi connectivity index (χ1) is 11.6. The molecule has 2 amide bonds. The van der Waals surface area contributed by atoms with E-state index >= 15 is 0 Å². The van der Waals surface area contributed by atoms with Gasteiger partial charge >= 0.3 is 0 Å². The second-order valence-electron chi connectivity index (χ2n) is 6.32. The van der Waals surface area contributed by atoms with Crippen LogP contribution in [-0.2, 0) is 9.59 Å². The molecule has 1 fully saturated rings. The number of hydrogen-bond acceptors (Lipinski definition) is 3. The Kier molecular flexibility index (Phi) is 7.09. The van der Waals surface area contributed by atoms with Crippen molar-refractivity contribution in [1.82, 2.24) is 5.32 Å². The predicted octanol–water partition coefficient (Wildman–Crippen LogP) is 3.17. The van der Waals surface area contributed by atoms with E-state index in [4.69, 9.17) is 0 Å². The van der Waals surface area contributed by atoms with Crippen LogP contribution in [0, 0.1) is 5.92 Å². The number of benzene rings is 1. The molecule has 0 atom stereocenters. The highest BCUT2D eigenvalue weighted by Gasteiger charge is 2.21. The zero-order valence-electron chi connectivity index (χ0n) is 14.8. The van der Waals surface area contributed by atoms with E-state index in [1.54, 1.807) is 0 Å². The van der Waals surface area contributed by atoms with E-state index in [-0.39, 0.29) is 24.3 Å². The fourth-order valence-electron chi connectivity index (χ4n) is 3.23. The second kappa shape index (κ2) is 9.30. The molecule has 132 valence electrons. The molecule has 2 N–H and O–H groups in total. The van der Waals surface area contributed by atoms with Gasteiger partial charge in [-0.15, -0.1) is 0 Å². The number of amides is 2. The molecule has 1 aliphatic carbocycles. The third-order valence-corrected chi connectivity index (χ3v) is 4.68. The molecule has 2 rings (SSSR count). The van der Waals surface area contributed by atoms with Gasteiger partial charge in [-0.2, -0.15) is 0 Å². The third kappa shape index (κ3) is 5.25. The van der Waals surface area contributed by atoms with Crippen molar-refractivity contribution < 1.29 is 9.59 Å². The summed E-state index contributed by atoms with van der Waals surface area (Å²) >= 11 is 0.